The van der Waals surface area contributed by atoms with Crippen molar-refractivity contribution in [2.75, 3.05) is 0 Å². The van der Waals surface area contributed by atoms with E-state index in [0.717, 1.165) is 11.1 Å². The van der Waals surface area contributed by atoms with Crippen LogP contribution >= 0.6 is 27.5 Å². The summed E-state index contributed by atoms with van der Waals surface area (Å²) in [6.07, 6.45) is 1.92. The lowest BCUT2D eigenvalue weighted by molar-refractivity contribution is 0.551. The zero-order valence-electron chi connectivity index (χ0n) is 8.95. The number of hydrogen-bond acceptors (Lipinski definition) is 2. The predicted molar refractivity (Wildman–Crippen MR) is 70.3 cm³/mol. The third-order valence-electron chi connectivity index (χ3n) is 2.62. The first kappa shape index (κ1) is 10.9. The van der Waals surface area contributed by atoms with Crippen LogP contribution in [0.15, 0.2) is 39.5 Å². The van der Waals surface area contributed by atoms with Gasteiger partial charge in [-0.3, -0.25) is 4.40 Å². The van der Waals surface area contributed by atoms with Crippen molar-refractivity contribution in [1.82, 2.24) is 9.38 Å². The van der Waals surface area contributed by atoms with Gasteiger partial charge in [-0.2, -0.15) is 0 Å². The molecular weight excluding hydrogens is 304 g/mol. The number of aromatic nitrogens is 2. The number of halogens is 2. The van der Waals surface area contributed by atoms with E-state index in [0.29, 0.717) is 21.4 Å². The predicted octanol–water partition coefficient (Wildman–Crippen LogP) is 4.32. The standard InChI is InChI=1S/C12H8BrClN2O/c1-7-3-2-6-16-10(7)11(14)15-12(16)8-4-5-9(13)17-8/h2-6H,1H3. The van der Waals surface area contributed by atoms with Gasteiger partial charge in [-0.25, -0.2) is 4.98 Å². The highest BCUT2D eigenvalue weighted by atomic mass is 79.9. The Morgan fingerprint density at radius 2 is 2.18 bits per heavy atom. The van der Waals surface area contributed by atoms with Crippen LogP contribution in [0.2, 0.25) is 5.15 Å². The Labute approximate surface area is 111 Å². The highest BCUT2D eigenvalue weighted by molar-refractivity contribution is 9.10. The maximum atomic E-state index is 6.15. The van der Waals surface area contributed by atoms with Gasteiger partial charge < -0.3 is 4.42 Å². The van der Waals surface area contributed by atoms with E-state index in [2.05, 4.69) is 20.9 Å². The molecule has 3 aromatic heterocycles. The second-order valence-electron chi connectivity index (χ2n) is 3.74. The second kappa shape index (κ2) is 3.89. The normalized spacial score (nSPS) is 11.2. The van der Waals surface area contributed by atoms with E-state index in [9.17, 15) is 0 Å². The first-order valence-corrected chi connectivity index (χ1v) is 6.23. The van der Waals surface area contributed by atoms with E-state index in [1.165, 1.54) is 0 Å². The van der Waals surface area contributed by atoms with Crippen molar-refractivity contribution in [1.29, 1.82) is 0 Å². The minimum atomic E-state index is 0.491. The minimum Gasteiger partial charge on any atom is -0.446 e. The van der Waals surface area contributed by atoms with E-state index in [1.807, 2.05) is 41.8 Å². The van der Waals surface area contributed by atoms with Gasteiger partial charge >= 0.3 is 0 Å². The summed E-state index contributed by atoms with van der Waals surface area (Å²) in [5.41, 5.74) is 2.00. The molecule has 86 valence electrons. The fraction of sp³-hybridized carbons (Fsp3) is 0.0833. The largest absolute Gasteiger partial charge is 0.446 e. The number of hydrogen-bond donors (Lipinski definition) is 0. The molecule has 0 radical (unpaired) electrons. The van der Waals surface area contributed by atoms with Crippen LogP contribution in [-0.2, 0) is 0 Å². The van der Waals surface area contributed by atoms with Crippen LogP contribution in [0.1, 0.15) is 5.56 Å². The molecule has 0 bridgehead atoms. The molecule has 0 unspecified atom stereocenters. The van der Waals surface area contributed by atoms with E-state index in [1.54, 1.807) is 0 Å². The molecule has 0 saturated heterocycles. The molecule has 5 heteroatoms. The first-order chi connectivity index (χ1) is 8.16. The van der Waals surface area contributed by atoms with Crippen LogP contribution in [0, 0.1) is 6.92 Å². The van der Waals surface area contributed by atoms with Crippen molar-refractivity contribution in [3.63, 3.8) is 0 Å². The van der Waals surface area contributed by atoms with E-state index in [4.69, 9.17) is 16.0 Å². The smallest absolute Gasteiger partial charge is 0.182 e. The zero-order valence-corrected chi connectivity index (χ0v) is 11.3. The van der Waals surface area contributed by atoms with Crippen LogP contribution in [-0.4, -0.2) is 9.38 Å². The maximum Gasteiger partial charge on any atom is 0.182 e. The van der Waals surface area contributed by atoms with Crippen molar-refractivity contribution >= 4 is 33.0 Å². The Balaban J connectivity index is 2.35. The minimum absolute atomic E-state index is 0.491. The van der Waals surface area contributed by atoms with Crippen LogP contribution < -0.4 is 0 Å². The monoisotopic (exact) mass is 310 g/mol. The SMILES string of the molecule is Cc1cccn2c(-c3ccc(Br)o3)nc(Cl)c12. The van der Waals surface area contributed by atoms with Crippen LogP contribution in [0.25, 0.3) is 17.1 Å². The molecule has 0 aliphatic rings. The van der Waals surface area contributed by atoms with E-state index in [-0.39, 0.29) is 0 Å². The first-order valence-electron chi connectivity index (χ1n) is 5.05. The zero-order chi connectivity index (χ0) is 12.0. The molecule has 3 rings (SSSR count). The lowest BCUT2D eigenvalue weighted by atomic mass is 10.2. The Morgan fingerprint density at radius 1 is 1.35 bits per heavy atom. The van der Waals surface area contributed by atoms with Crippen LogP contribution in [0.4, 0.5) is 0 Å². The summed E-state index contributed by atoms with van der Waals surface area (Å²) in [5.74, 6) is 1.39. The lowest BCUT2D eigenvalue weighted by Crippen LogP contribution is -1.88. The van der Waals surface area contributed by atoms with Gasteiger partial charge in [0.15, 0.2) is 21.4 Å². The van der Waals surface area contributed by atoms with Gasteiger partial charge in [0.25, 0.3) is 0 Å². The fourth-order valence-electron chi connectivity index (χ4n) is 1.86. The van der Waals surface area contributed by atoms with Gasteiger partial charge in [-0.05, 0) is 46.6 Å². The van der Waals surface area contributed by atoms with Crippen LogP contribution in [0.5, 0.6) is 0 Å². The summed E-state index contributed by atoms with van der Waals surface area (Å²) >= 11 is 9.43. The maximum absolute atomic E-state index is 6.15. The Morgan fingerprint density at radius 3 is 2.88 bits per heavy atom. The Hall–Kier alpha value is -1.26. The number of pyridine rings is 1. The molecule has 0 amide bonds. The molecule has 0 spiro atoms. The summed E-state index contributed by atoms with van der Waals surface area (Å²) in [6, 6.07) is 7.66. The Bertz CT molecular complexity index is 702. The molecule has 0 aromatic carbocycles. The summed E-state index contributed by atoms with van der Waals surface area (Å²) < 4.78 is 8.11. The van der Waals surface area contributed by atoms with E-state index >= 15 is 0 Å². The van der Waals surface area contributed by atoms with Crippen molar-refractivity contribution in [3.05, 3.63) is 45.8 Å². The highest BCUT2D eigenvalue weighted by Gasteiger charge is 2.15. The highest BCUT2D eigenvalue weighted by Crippen LogP contribution is 2.29. The van der Waals surface area contributed by atoms with Gasteiger partial charge in [-0.1, -0.05) is 17.7 Å². The molecule has 0 N–H and O–H groups in total. The number of nitrogens with zero attached hydrogens (tertiary/aromatic N) is 2. The average molecular weight is 312 g/mol. The van der Waals surface area contributed by atoms with Gasteiger partial charge in [0.1, 0.15) is 0 Å². The van der Waals surface area contributed by atoms with Crippen molar-refractivity contribution in [2.24, 2.45) is 0 Å². The molecule has 0 aliphatic heterocycles. The van der Waals surface area contributed by atoms with Gasteiger partial charge in [0, 0.05) is 6.20 Å². The molecule has 0 atom stereocenters. The number of aryl methyl sites for hydroxylation is 1. The number of fused-ring (bicyclic) bond motifs is 1. The number of furan rings is 1. The number of imidazole rings is 1. The Kier molecular flexibility index (Phi) is 2.49. The van der Waals surface area contributed by atoms with Crippen molar-refractivity contribution in [3.8, 4) is 11.6 Å². The lowest BCUT2D eigenvalue weighted by Gasteiger charge is -2.00. The third kappa shape index (κ3) is 1.68. The molecule has 0 aliphatic carbocycles. The van der Waals surface area contributed by atoms with Crippen molar-refractivity contribution in [2.45, 2.75) is 6.92 Å². The quantitative estimate of drug-likeness (QED) is 0.670. The third-order valence-corrected chi connectivity index (χ3v) is 3.31. The van der Waals surface area contributed by atoms with Crippen LogP contribution in [0.3, 0.4) is 0 Å². The molecule has 3 nitrogen and oxygen atoms in total. The molecule has 0 fully saturated rings. The molecule has 17 heavy (non-hydrogen) atoms. The van der Waals surface area contributed by atoms with Gasteiger partial charge in [0.2, 0.25) is 0 Å². The van der Waals surface area contributed by atoms with Crippen molar-refractivity contribution < 1.29 is 4.42 Å². The molecular formula is C12H8BrClN2O. The average Bonchev–Trinajstić information content (AvgIpc) is 2.84. The second-order valence-corrected chi connectivity index (χ2v) is 4.88. The summed E-state index contributed by atoms with van der Waals surface area (Å²) in [4.78, 5) is 4.35. The van der Waals surface area contributed by atoms with Gasteiger partial charge in [0.05, 0.1) is 5.52 Å². The fourth-order valence-corrected chi connectivity index (χ4v) is 2.49. The van der Waals surface area contributed by atoms with Gasteiger partial charge in [-0.15, -0.1) is 0 Å². The molecule has 3 aromatic rings. The topological polar surface area (TPSA) is 30.4 Å². The summed E-state index contributed by atoms with van der Waals surface area (Å²) in [6.45, 7) is 2.00. The molecule has 3 heterocycles. The summed E-state index contributed by atoms with van der Waals surface area (Å²) in [7, 11) is 0. The summed E-state index contributed by atoms with van der Waals surface area (Å²) in [5, 5.41) is 0.491. The molecule has 0 saturated carbocycles. The number of rotatable bonds is 1. The van der Waals surface area contributed by atoms with E-state index < -0.39 is 0 Å².